The first-order valence-electron chi connectivity index (χ1n) is 11.0. The number of likely N-dealkylation sites (tertiary alicyclic amines) is 1. The van der Waals surface area contributed by atoms with E-state index in [1.54, 1.807) is 14.2 Å². The second-order valence-corrected chi connectivity index (χ2v) is 8.03. The number of pyridine rings is 1. The van der Waals surface area contributed by atoms with Crippen LogP contribution in [0.5, 0.6) is 11.5 Å². The third-order valence-electron chi connectivity index (χ3n) is 5.74. The Hall–Kier alpha value is -3.26. The van der Waals surface area contributed by atoms with Gasteiger partial charge >= 0.3 is 0 Å². The lowest BCUT2D eigenvalue weighted by Crippen LogP contribution is -2.45. The lowest BCUT2D eigenvalue weighted by molar-refractivity contribution is 0.321. The predicted octanol–water partition coefficient (Wildman–Crippen LogP) is 2.33. The number of ether oxygens (including phenoxy) is 2. The molecule has 0 aliphatic carbocycles. The average Bonchev–Trinajstić information content (AvgIpc) is 3.44. The van der Waals surface area contributed by atoms with Crippen LogP contribution in [0.3, 0.4) is 0 Å². The fraction of sp³-hybridized carbons (Fsp3) is 0.417. The van der Waals surface area contributed by atoms with E-state index in [4.69, 9.17) is 9.47 Å². The molecule has 1 fully saturated rings. The highest BCUT2D eigenvalue weighted by Gasteiger charge is 2.23. The minimum absolute atomic E-state index is 0.365. The van der Waals surface area contributed by atoms with Crippen molar-refractivity contribution in [1.29, 1.82) is 0 Å². The number of guanidine groups is 1. The monoisotopic (exact) mass is 436 g/mol. The van der Waals surface area contributed by atoms with Crippen molar-refractivity contribution in [1.82, 2.24) is 24.9 Å². The number of methoxy groups -OCH3 is 2. The van der Waals surface area contributed by atoms with E-state index < -0.39 is 0 Å². The molecule has 8 heteroatoms. The van der Waals surface area contributed by atoms with Crippen LogP contribution in [0.4, 0.5) is 0 Å². The molecule has 1 atom stereocenters. The number of hydrogen-bond acceptors (Lipinski definition) is 5. The highest BCUT2D eigenvalue weighted by Crippen LogP contribution is 2.24. The number of aliphatic imine (C=N–C) groups is 1. The van der Waals surface area contributed by atoms with Gasteiger partial charge < -0.3 is 24.5 Å². The van der Waals surface area contributed by atoms with E-state index in [1.807, 2.05) is 41.9 Å². The summed E-state index contributed by atoms with van der Waals surface area (Å²) in [5.41, 5.74) is 3.24. The van der Waals surface area contributed by atoms with Crippen molar-refractivity contribution in [2.45, 2.75) is 25.4 Å². The molecule has 0 radical (unpaired) electrons. The van der Waals surface area contributed by atoms with E-state index in [-0.39, 0.29) is 0 Å². The van der Waals surface area contributed by atoms with Crippen molar-refractivity contribution in [3.8, 4) is 11.5 Å². The van der Waals surface area contributed by atoms with Crippen LogP contribution in [0.2, 0.25) is 0 Å². The molecular weight excluding hydrogens is 404 g/mol. The van der Waals surface area contributed by atoms with Gasteiger partial charge in [-0.1, -0.05) is 6.07 Å². The van der Waals surface area contributed by atoms with E-state index in [1.165, 1.54) is 5.56 Å². The SMILES string of the molecule is CN=C(NCCc1cn2ccccc2n1)NC1CCN(Cc2cc(OC)cc(OC)c2)C1. The molecule has 2 aromatic heterocycles. The van der Waals surface area contributed by atoms with Gasteiger partial charge in [-0.05, 0) is 36.2 Å². The Balaban J connectivity index is 1.25. The number of nitrogens with zero attached hydrogens (tertiary/aromatic N) is 4. The second kappa shape index (κ2) is 10.4. The summed E-state index contributed by atoms with van der Waals surface area (Å²) in [4.78, 5) is 11.5. The van der Waals surface area contributed by atoms with Crippen molar-refractivity contribution in [3.05, 3.63) is 60.0 Å². The predicted molar refractivity (Wildman–Crippen MR) is 127 cm³/mol. The third-order valence-corrected chi connectivity index (χ3v) is 5.74. The zero-order valence-corrected chi connectivity index (χ0v) is 19.0. The smallest absolute Gasteiger partial charge is 0.191 e. The summed E-state index contributed by atoms with van der Waals surface area (Å²) in [6, 6.07) is 12.4. The minimum atomic E-state index is 0.365. The van der Waals surface area contributed by atoms with Crippen LogP contribution in [-0.2, 0) is 13.0 Å². The molecule has 1 saturated heterocycles. The first kappa shape index (κ1) is 22.0. The second-order valence-electron chi connectivity index (χ2n) is 8.03. The molecule has 3 aromatic rings. The van der Waals surface area contributed by atoms with Crippen LogP contribution < -0.4 is 20.1 Å². The molecule has 4 rings (SSSR count). The Morgan fingerprint density at radius 2 is 2.00 bits per heavy atom. The molecule has 1 aliphatic rings. The van der Waals surface area contributed by atoms with Crippen molar-refractivity contribution in [2.75, 3.05) is 40.9 Å². The highest BCUT2D eigenvalue weighted by atomic mass is 16.5. The standard InChI is InChI=1S/C24H32N6O2/c1-25-24(26-9-7-19-17-30-10-5-4-6-23(30)27-19)28-20-8-11-29(16-20)15-18-12-21(31-2)14-22(13-18)32-3/h4-6,10,12-14,17,20H,7-9,11,15-16H2,1-3H3,(H2,25,26,28). The van der Waals surface area contributed by atoms with Gasteiger partial charge in [0.25, 0.3) is 0 Å². The lowest BCUT2D eigenvalue weighted by atomic mass is 10.2. The van der Waals surface area contributed by atoms with Gasteiger partial charge in [-0.15, -0.1) is 0 Å². The molecule has 0 amide bonds. The molecule has 8 nitrogen and oxygen atoms in total. The van der Waals surface area contributed by atoms with Gasteiger partial charge in [-0.25, -0.2) is 4.98 Å². The van der Waals surface area contributed by atoms with Crippen LogP contribution >= 0.6 is 0 Å². The molecule has 1 unspecified atom stereocenters. The molecule has 2 N–H and O–H groups in total. The summed E-state index contributed by atoms with van der Waals surface area (Å²) in [6.07, 6.45) is 6.02. The van der Waals surface area contributed by atoms with Gasteiger partial charge in [0.15, 0.2) is 5.96 Å². The van der Waals surface area contributed by atoms with Gasteiger partial charge in [0.05, 0.1) is 19.9 Å². The van der Waals surface area contributed by atoms with E-state index in [0.717, 1.165) is 67.8 Å². The van der Waals surface area contributed by atoms with Gasteiger partial charge in [-0.3, -0.25) is 9.89 Å². The zero-order valence-electron chi connectivity index (χ0n) is 19.0. The molecule has 170 valence electrons. The van der Waals surface area contributed by atoms with Gasteiger partial charge in [-0.2, -0.15) is 0 Å². The molecule has 0 spiro atoms. The fourth-order valence-electron chi connectivity index (χ4n) is 4.11. The summed E-state index contributed by atoms with van der Waals surface area (Å²) in [7, 11) is 5.18. The van der Waals surface area contributed by atoms with E-state index in [2.05, 4.69) is 43.8 Å². The Kier molecular flexibility index (Phi) is 7.11. The molecule has 1 aliphatic heterocycles. The average molecular weight is 437 g/mol. The van der Waals surface area contributed by atoms with Gasteiger partial charge in [0, 0.05) is 64.1 Å². The summed E-state index contributed by atoms with van der Waals surface area (Å²) in [5.74, 6) is 2.48. The van der Waals surface area contributed by atoms with E-state index in [9.17, 15) is 0 Å². The molecule has 0 saturated carbocycles. The van der Waals surface area contributed by atoms with Gasteiger partial charge in [0.1, 0.15) is 17.1 Å². The topological polar surface area (TPSA) is 75.4 Å². The first-order valence-corrected chi connectivity index (χ1v) is 11.0. The number of hydrogen-bond donors (Lipinski definition) is 2. The Morgan fingerprint density at radius 3 is 2.72 bits per heavy atom. The number of nitrogens with one attached hydrogen (secondary N) is 2. The summed E-state index contributed by atoms with van der Waals surface area (Å²) in [6.45, 7) is 3.65. The minimum Gasteiger partial charge on any atom is -0.497 e. The number of aromatic nitrogens is 2. The third kappa shape index (κ3) is 5.50. The van der Waals surface area contributed by atoms with Crippen LogP contribution in [0.1, 0.15) is 17.7 Å². The largest absolute Gasteiger partial charge is 0.497 e. The normalized spacial score (nSPS) is 17.0. The number of fused-ring (bicyclic) bond motifs is 1. The lowest BCUT2D eigenvalue weighted by Gasteiger charge is -2.19. The summed E-state index contributed by atoms with van der Waals surface area (Å²) >= 11 is 0. The van der Waals surface area contributed by atoms with Crippen LogP contribution in [0.15, 0.2) is 53.8 Å². The van der Waals surface area contributed by atoms with Crippen LogP contribution in [-0.4, -0.2) is 67.2 Å². The molecular formula is C24H32N6O2. The van der Waals surface area contributed by atoms with Crippen LogP contribution in [0.25, 0.3) is 5.65 Å². The van der Waals surface area contributed by atoms with E-state index >= 15 is 0 Å². The van der Waals surface area contributed by atoms with Crippen molar-refractivity contribution in [2.24, 2.45) is 4.99 Å². The Labute approximate surface area is 189 Å². The fourth-order valence-corrected chi connectivity index (χ4v) is 4.11. The number of rotatable bonds is 8. The molecule has 32 heavy (non-hydrogen) atoms. The maximum atomic E-state index is 5.40. The van der Waals surface area contributed by atoms with Crippen molar-refractivity contribution in [3.63, 3.8) is 0 Å². The highest BCUT2D eigenvalue weighted by molar-refractivity contribution is 5.80. The summed E-state index contributed by atoms with van der Waals surface area (Å²) in [5, 5.41) is 6.98. The quantitative estimate of drug-likeness (QED) is 0.417. The van der Waals surface area contributed by atoms with Crippen molar-refractivity contribution >= 4 is 11.6 Å². The maximum absolute atomic E-state index is 5.40. The molecule has 0 bridgehead atoms. The Morgan fingerprint density at radius 1 is 1.19 bits per heavy atom. The Bertz CT molecular complexity index is 1010. The molecule has 1 aromatic carbocycles. The molecule has 3 heterocycles. The van der Waals surface area contributed by atoms with E-state index in [0.29, 0.717) is 6.04 Å². The number of benzene rings is 1. The van der Waals surface area contributed by atoms with Gasteiger partial charge in [0.2, 0.25) is 0 Å². The maximum Gasteiger partial charge on any atom is 0.191 e. The van der Waals surface area contributed by atoms with Crippen LogP contribution in [0, 0.1) is 0 Å². The number of imidazole rings is 1. The zero-order chi connectivity index (χ0) is 22.3. The first-order chi connectivity index (χ1) is 15.7. The summed E-state index contributed by atoms with van der Waals surface area (Å²) < 4.78 is 12.8. The van der Waals surface area contributed by atoms with Crippen molar-refractivity contribution < 1.29 is 9.47 Å².